The number of carbonyl (C=O) groups excluding carboxylic acids is 2. The number of aromatic nitrogens is 3. The number of hydrogen-bond donors (Lipinski definition) is 0. The minimum absolute atomic E-state index is 0.119. The number of ether oxygens (including phenoxy) is 2. The molecule has 5 rings (SSSR count). The summed E-state index contributed by atoms with van der Waals surface area (Å²) in [4.78, 5) is 30.7. The van der Waals surface area contributed by atoms with Gasteiger partial charge in [0.05, 0.1) is 18.8 Å². The quantitative estimate of drug-likeness (QED) is 0.334. The summed E-state index contributed by atoms with van der Waals surface area (Å²) in [6.45, 7) is 12.2. The molecule has 44 heavy (non-hydrogen) atoms. The first-order chi connectivity index (χ1) is 20.6. The number of piperidine rings is 1. The van der Waals surface area contributed by atoms with Crippen molar-refractivity contribution in [1.82, 2.24) is 24.8 Å². The van der Waals surface area contributed by atoms with E-state index in [9.17, 15) is 22.8 Å². The van der Waals surface area contributed by atoms with Crippen LogP contribution in [0.1, 0.15) is 66.0 Å². The molecule has 236 valence electrons. The van der Waals surface area contributed by atoms with Gasteiger partial charge in [-0.2, -0.15) is 0 Å². The smallest absolute Gasteiger partial charge is 0.410 e. The van der Waals surface area contributed by atoms with Crippen molar-refractivity contribution >= 4 is 12.0 Å². The lowest BCUT2D eigenvalue weighted by Gasteiger charge is -2.57. The second-order valence-electron chi connectivity index (χ2n) is 13.1. The van der Waals surface area contributed by atoms with Gasteiger partial charge in [0.25, 0.3) is 5.91 Å². The fourth-order valence-corrected chi connectivity index (χ4v) is 6.16. The minimum Gasteiger partial charge on any atom is -0.491 e. The molecule has 0 saturated carbocycles. The van der Waals surface area contributed by atoms with E-state index in [0.717, 1.165) is 12.1 Å². The molecule has 9 nitrogen and oxygen atoms in total. The van der Waals surface area contributed by atoms with Crippen molar-refractivity contribution in [3.05, 3.63) is 65.6 Å². The lowest BCUT2D eigenvalue weighted by Crippen LogP contribution is -2.65. The van der Waals surface area contributed by atoms with Crippen LogP contribution in [0.25, 0.3) is 11.3 Å². The van der Waals surface area contributed by atoms with E-state index in [0.29, 0.717) is 30.0 Å². The number of hydrogen-bond acceptors (Lipinski definition) is 6. The summed E-state index contributed by atoms with van der Waals surface area (Å²) < 4.78 is 55.1. The summed E-state index contributed by atoms with van der Waals surface area (Å²) in [5.41, 5.74) is -1.05. The van der Waals surface area contributed by atoms with Gasteiger partial charge >= 0.3 is 6.09 Å². The zero-order valence-corrected chi connectivity index (χ0v) is 25.9. The summed E-state index contributed by atoms with van der Waals surface area (Å²) in [5.74, 6) is -2.65. The van der Waals surface area contributed by atoms with E-state index < -0.39 is 46.1 Å². The Kier molecular flexibility index (Phi) is 8.15. The Hall–Kier alpha value is -4.09. The third-order valence-corrected chi connectivity index (χ3v) is 8.25. The van der Waals surface area contributed by atoms with Gasteiger partial charge in [0.2, 0.25) is 0 Å². The Bertz CT molecular complexity index is 1560. The number of carbonyl (C=O) groups is 2. The Balaban J connectivity index is 1.50. The van der Waals surface area contributed by atoms with Gasteiger partial charge in [-0.1, -0.05) is 25.1 Å². The summed E-state index contributed by atoms with van der Waals surface area (Å²) >= 11 is 0. The highest BCUT2D eigenvalue weighted by Crippen LogP contribution is 2.51. The average molecular weight is 614 g/mol. The molecule has 2 aliphatic heterocycles. The first-order valence-corrected chi connectivity index (χ1v) is 14.7. The van der Waals surface area contributed by atoms with Crippen molar-refractivity contribution < 1.29 is 32.2 Å². The first kappa shape index (κ1) is 31.3. The number of halogens is 3. The molecule has 2 saturated heterocycles. The molecule has 2 aromatic carbocycles. The zero-order valence-electron chi connectivity index (χ0n) is 25.9. The van der Waals surface area contributed by atoms with Crippen molar-refractivity contribution in [1.29, 1.82) is 0 Å². The molecule has 0 aliphatic carbocycles. The standard InChI is InChI=1S/C32H38F3N5O4/c1-7-43-26-11-9-20(16-24(26)35)25-18-40(37-36-25)32(12-14-38(15-13-32)29(42)44-30(2,3)4)28(41)39-19-31(5,6)27(39)21-8-10-22(33)23(34)17-21/h8-11,16-18,27H,7,12-15,19H2,1-6H3. The molecule has 0 bridgehead atoms. The predicted octanol–water partition coefficient (Wildman–Crippen LogP) is 6.10. The van der Waals surface area contributed by atoms with E-state index in [-0.39, 0.29) is 37.6 Å². The molecular weight excluding hydrogens is 575 g/mol. The van der Waals surface area contributed by atoms with Gasteiger partial charge in [-0.05, 0) is 76.4 Å². The molecule has 2 amide bonds. The van der Waals surface area contributed by atoms with Gasteiger partial charge in [0, 0.05) is 30.6 Å². The Morgan fingerprint density at radius 2 is 1.70 bits per heavy atom. The molecule has 1 unspecified atom stereocenters. The van der Waals surface area contributed by atoms with Gasteiger partial charge in [-0.3, -0.25) is 4.79 Å². The molecule has 2 aliphatic rings. The lowest BCUT2D eigenvalue weighted by molar-refractivity contribution is -0.166. The minimum atomic E-state index is -1.25. The molecular formula is C32H38F3N5O4. The van der Waals surface area contributed by atoms with Crippen LogP contribution in [0.4, 0.5) is 18.0 Å². The van der Waals surface area contributed by atoms with Crippen LogP contribution in [0.15, 0.2) is 42.6 Å². The highest BCUT2D eigenvalue weighted by atomic mass is 19.2. The fraction of sp³-hybridized carbons (Fsp3) is 0.500. The summed E-state index contributed by atoms with van der Waals surface area (Å²) in [6, 6.07) is 7.66. The molecule has 2 fully saturated rings. The van der Waals surface area contributed by atoms with E-state index in [2.05, 4.69) is 10.3 Å². The molecule has 0 spiro atoms. The summed E-state index contributed by atoms with van der Waals surface area (Å²) in [5, 5.41) is 8.63. The van der Waals surface area contributed by atoms with Gasteiger partial charge in [0.1, 0.15) is 16.8 Å². The van der Waals surface area contributed by atoms with Gasteiger partial charge in [-0.25, -0.2) is 22.6 Å². The number of nitrogens with zero attached hydrogens (tertiary/aromatic N) is 5. The van der Waals surface area contributed by atoms with Gasteiger partial charge in [-0.15, -0.1) is 5.10 Å². The van der Waals surface area contributed by atoms with Crippen LogP contribution in [-0.2, 0) is 15.1 Å². The maximum Gasteiger partial charge on any atom is 0.410 e. The SMILES string of the molecule is CCOc1ccc(-c2cn(C3(C(=O)N4CC(C)(C)C4c4ccc(F)c(F)c4)CCN(C(=O)OC(C)(C)C)CC3)nn2)cc1F. The van der Waals surface area contributed by atoms with Gasteiger partial charge < -0.3 is 19.3 Å². The molecule has 1 aromatic heterocycles. The molecule has 0 N–H and O–H groups in total. The van der Waals surface area contributed by atoms with Crippen molar-refractivity contribution in [2.24, 2.45) is 5.41 Å². The highest BCUT2D eigenvalue weighted by Gasteiger charge is 2.56. The second kappa shape index (κ2) is 11.4. The van der Waals surface area contributed by atoms with E-state index in [1.165, 1.54) is 22.9 Å². The predicted molar refractivity (Wildman–Crippen MR) is 156 cm³/mol. The maximum atomic E-state index is 14.7. The van der Waals surface area contributed by atoms with Crippen molar-refractivity contribution in [3.63, 3.8) is 0 Å². The van der Waals surface area contributed by atoms with Crippen LogP contribution in [0.5, 0.6) is 5.75 Å². The Morgan fingerprint density at radius 1 is 1.00 bits per heavy atom. The normalized spacial score (nSPS) is 19.3. The van der Waals surface area contributed by atoms with Crippen molar-refractivity contribution in [2.75, 3.05) is 26.2 Å². The second-order valence-corrected chi connectivity index (χ2v) is 13.1. The number of benzene rings is 2. The zero-order chi connectivity index (χ0) is 32.0. The van der Waals surface area contributed by atoms with Crippen molar-refractivity contribution in [2.45, 2.75) is 71.6 Å². The van der Waals surface area contributed by atoms with E-state index >= 15 is 0 Å². The third-order valence-electron chi connectivity index (χ3n) is 8.25. The first-order valence-electron chi connectivity index (χ1n) is 14.7. The van der Waals surface area contributed by atoms with Crippen LogP contribution in [0.3, 0.4) is 0 Å². The summed E-state index contributed by atoms with van der Waals surface area (Å²) in [7, 11) is 0. The average Bonchev–Trinajstić information content (AvgIpc) is 3.45. The lowest BCUT2D eigenvalue weighted by atomic mass is 9.70. The maximum absolute atomic E-state index is 14.7. The molecule has 0 radical (unpaired) electrons. The Labute approximate surface area is 254 Å². The molecule has 3 aromatic rings. The highest BCUT2D eigenvalue weighted by molar-refractivity contribution is 5.86. The number of amides is 2. The van der Waals surface area contributed by atoms with Crippen LogP contribution >= 0.6 is 0 Å². The number of likely N-dealkylation sites (tertiary alicyclic amines) is 2. The van der Waals surface area contributed by atoms with Gasteiger partial charge in [0.15, 0.2) is 23.2 Å². The van der Waals surface area contributed by atoms with Crippen LogP contribution in [0, 0.1) is 22.9 Å². The van der Waals surface area contributed by atoms with Crippen LogP contribution < -0.4 is 4.74 Å². The van der Waals surface area contributed by atoms with Crippen molar-refractivity contribution in [3.8, 4) is 17.0 Å². The Morgan fingerprint density at radius 3 is 2.30 bits per heavy atom. The summed E-state index contributed by atoms with van der Waals surface area (Å²) in [6.07, 6.45) is 1.53. The monoisotopic (exact) mass is 613 g/mol. The van der Waals surface area contributed by atoms with E-state index in [1.807, 2.05) is 13.8 Å². The third kappa shape index (κ3) is 5.86. The fourth-order valence-electron chi connectivity index (χ4n) is 6.16. The molecule has 12 heteroatoms. The van der Waals surface area contributed by atoms with Crippen LogP contribution in [0.2, 0.25) is 0 Å². The molecule has 3 heterocycles. The molecule has 1 atom stereocenters. The number of rotatable bonds is 6. The van der Waals surface area contributed by atoms with E-state index in [4.69, 9.17) is 9.47 Å². The van der Waals surface area contributed by atoms with E-state index in [1.54, 1.807) is 49.8 Å². The largest absolute Gasteiger partial charge is 0.491 e. The van der Waals surface area contributed by atoms with Crippen LogP contribution in [-0.4, -0.2) is 68.6 Å². The topological polar surface area (TPSA) is 89.8 Å².